The third kappa shape index (κ3) is 60.9. The standard InChI is InChI=1S/C70H118O6/c1-4-7-10-13-16-19-22-25-27-29-30-31-32-33-34-35-36-37-38-39-41-42-45-48-51-54-57-60-63-69(72)75-66-67(65-74-68(71)62-59-56-53-50-47-44-24-21-18-15-12-9-6-3)76-70(73)64-61-58-55-52-49-46-43-40-28-26-23-20-17-14-11-8-5-2/h8-9,11-12,17-18,20-21,26,28,43-44,46-47,52-53,55-56,67H,4-7,10,13-16,19,22-25,27,29-42,45,48-51,54,57-66H2,1-3H3/b11-8-,12-9-,20-17-,21-18-,28-26-,46-43-,47-44-,55-52-,56-53-. The van der Waals surface area contributed by atoms with Gasteiger partial charge in [0.2, 0.25) is 0 Å². The first-order valence-electron chi connectivity index (χ1n) is 31.9. The molecular weight excluding hydrogens is 937 g/mol. The van der Waals surface area contributed by atoms with E-state index in [2.05, 4.69) is 118 Å². The Kier molecular flexibility index (Phi) is 60.3. The summed E-state index contributed by atoms with van der Waals surface area (Å²) in [7, 11) is 0. The molecule has 0 spiro atoms. The van der Waals surface area contributed by atoms with Gasteiger partial charge in [0.05, 0.1) is 0 Å². The first-order chi connectivity index (χ1) is 37.5. The molecule has 1 unspecified atom stereocenters. The Morgan fingerprint density at radius 1 is 0.276 bits per heavy atom. The van der Waals surface area contributed by atoms with Crippen LogP contribution in [-0.4, -0.2) is 37.2 Å². The molecule has 0 fully saturated rings. The average molecular weight is 1060 g/mol. The predicted octanol–water partition coefficient (Wildman–Crippen LogP) is 21.8. The van der Waals surface area contributed by atoms with Crippen molar-refractivity contribution < 1.29 is 28.6 Å². The Morgan fingerprint density at radius 3 is 0.868 bits per heavy atom. The molecule has 76 heavy (non-hydrogen) atoms. The summed E-state index contributed by atoms with van der Waals surface area (Å²) in [6.45, 7) is 6.32. The lowest BCUT2D eigenvalue weighted by molar-refractivity contribution is -0.166. The summed E-state index contributed by atoms with van der Waals surface area (Å²) in [4.78, 5) is 38.2. The molecule has 0 amide bonds. The minimum atomic E-state index is -0.838. The lowest BCUT2D eigenvalue weighted by atomic mass is 10.0. The third-order valence-corrected chi connectivity index (χ3v) is 13.5. The van der Waals surface area contributed by atoms with Crippen LogP contribution < -0.4 is 0 Å². The molecule has 0 bridgehead atoms. The number of hydrogen-bond donors (Lipinski definition) is 0. The van der Waals surface area contributed by atoms with Gasteiger partial charge < -0.3 is 14.2 Å². The number of carbonyl (C=O) groups is 3. The molecular formula is C70H118O6. The monoisotopic (exact) mass is 1050 g/mol. The molecule has 0 rings (SSSR count). The van der Waals surface area contributed by atoms with Crippen molar-refractivity contribution in [3.8, 4) is 0 Å². The molecule has 434 valence electrons. The van der Waals surface area contributed by atoms with Crippen molar-refractivity contribution in [2.75, 3.05) is 13.2 Å². The quantitative estimate of drug-likeness (QED) is 0.0261. The number of rotatable bonds is 57. The van der Waals surface area contributed by atoms with E-state index < -0.39 is 6.10 Å². The van der Waals surface area contributed by atoms with Gasteiger partial charge in [0.15, 0.2) is 6.10 Å². The van der Waals surface area contributed by atoms with Crippen LogP contribution in [0.15, 0.2) is 109 Å². The van der Waals surface area contributed by atoms with Gasteiger partial charge in [0.1, 0.15) is 13.2 Å². The number of unbranched alkanes of at least 4 members (excludes halogenated alkanes) is 28. The van der Waals surface area contributed by atoms with Crippen molar-refractivity contribution in [1.82, 2.24) is 0 Å². The molecule has 6 heteroatoms. The highest BCUT2D eigenvalue weighted by molar-refractivity contribution is 5.71. The van der Waals surface area contributed by atoms with E-state index in [1.165, 1.54) is 161 Å². The zero-order valence-corrected chi connectivity index (χ0v) is 49.7. The molecule has 0 aliphatic rings. The van der Waals surface area contributed by atoms with Crippen LogP contribution in [0.5, 0.6) is 0 Å². The van der Waals surface area contributed by atoms with Gasteiger partial charge in [0.25, 0.3) is 0 Å². The zero-order valence-electron chi connectivity index (χ0n) is 49.7. The fourth-order valence-electron chi connectivity index (χ4n) is 8.85. The second-order valence-corrected chi connectivity index (χ2v) is 20.9. The third-order valence-electron chi connectivity index (χ3n) is 13.5. The van der Waals surface area contributed by atoms with Gasteiger partial charge in [-0.05, 0) is 83.5 Å². The molecule has 0 aromatic rings. The number of allylic oxidation sites excluding steroid dienone is 18. The Hall–Kier alpha value is -3.93. The summed E-state index contributed by atoms with van der Waals surface area (Å²) >= 11 is 0. The van der Waals surface area contributed by atoms with Crippen molar-refractivity contribution in [2.45, 2.75) is 303 Å². The van der Waals surface area contributed by atoms with Gasteiger partial charge in [-0.3, -0.25) is 14.4 Å². The van der Waals surface area contributed by atoms with Crippen molar-refractivity contribution in [2.24, 2.45) is 0 Å². The first kappa shape index (κ1) is 72.1. The Morgan fingerprint density at radius 2 is 0.539 bits per heavy atom. The second kappa shape index (κ2) is 63.6. The van der Waals surface area contributed by atoms with E-state index in [0.717, 1.165) is 83.5 Å². The SMILES string of the molecule is CC/C=C\C/C=C\C/C=C\C/C=C\C/C=C\CCCC(=O)OC(COC(=O)CC/C=C\C/C=C\C/C=C\C/C=C\CC)COC(=O)CCCCCCCCCCCCCCCCCCCCCCCCCCCCCC. The normalized spacial score (nSPS) is 12.8. The van der Waals surface area contributed by atoms with Crippen molar-refractivity contribution >= 4 is 17.9 Å². The number of ether oxygens (including phenoxy) is 3. The molecule has 1 atom stereocenters. The zero-order chi connectivity index (χ0) is 55.0. The van der Waals surface area contributed by atoms with Gasteiger partial charge in [0, 0.05) is 19.3 Å². The second-order valence-electron chi connectivity index (χ2n) is 20.9. The Labute approximate surface area is 470 Å². The summed E-state index contributed by atoms with van der Waals surface area (Å²) in [5.74, 6) is -1.06. The molecule has 0 aromatic heterocycles. The van der Waals surface area contributed by atoms with Gasteiger partial charge in [-0.25, -0.2) is 0 Å². The number of esters is 3. The van der Waals surface area contributed by atoms with Crippen molar-refractivity contribution in [3.05, 3.63) is 109 Å². The van der Waals surface area contributed by atoms with Crippen molar-refractivity contribution in [3.63, 3.8) is 0 Å². The molecule has 0 aliphatic carbocycles. The van der Waals surface area contributed by atoms with Gasteiger partial charge >= 0.3 is 17.9 Å². The van der Waals surface area contributed by atoms with E-state index in [-0.39, 0.29) is 44.0 Å². The lowest BCUT2D eigenvalue weighted by Gasteiger charge is -2.18. The molecule has 0 saturated heterocycles. The fraction of sp³-hybridized carbons (Fsp3) is 0.700. The predicted molar refractivity (Wildman–Crippen MR) is 330 cm³/mol. The largest absolute Gasteiger partial charge is 0.462 e. The molecule has 0 aliphatic heterocycles. The maximum Gasteiger partial charge on any atom is 0.306 e. The molecule has 0 radical (unpaired) electrons. The minimum absolute atomic E-state index is 0.122. The van der Waals surface area contributed by atoms with Crippen LogP contribution in [0.4, 0.5) is 0 Å². The van der Waals surface area contributed by atoms with E-state index in [9.17, 15) is 14.4 Å². The molecule has 6 nitrogen and oxygen atoms in total. The van der Waals surface area contributed by atoms with Crippen LogP contribution in [0, 0.1) is 0 Å². The first-order valence-corrected chi connectivity index (χ1v) is 31.9. The smallest absolute Gasteiger partial charge is 0.306 e. The summed E-state index contributed by atoms with van der Waals surface area (Å²) in [6.07, 6.45) is 87.1. The summed E-state index contributed by atoms with van der Waals surface area (Å²) < 4.78 is 16.8. The Bertz CT molecular complexity index is 1540. The number of hydrogen-bond acceptors (Lipinski definition) is 6. The van der Waals surface area contributed by atoms with Crippen LogP contribution >= 0.6 is 0 Å². The van der Waals surface area contributed by atoms with Gasteiger partial charge in [-0.15, -0.1) is 0 Å². The number of carbonyl (C=O) groups excluding carboxylic acids is 3. The molecule has 0 saturated carbocycles. The van der Waals surface area contributed by atoms with E-state index in [1.807, 2.05) is 12.2 Å². The maximum absolute atomic E-state index is 12.8. The van der Waals surface area contributed by atoms with Crippen LogP contribution in [0.3, 0.4) is 0 Å². The van der Waals surface area contributed by atoms with Gasteiger partial charge in [-0.2, -0.15) is 0 Å². The summed E-state index contributed by atoms with van der Waals surface area (Å²) in [6, 6.07) is 0. The van der Waals surface area contributed by atoms with Crippen LogP contribution in [0.2, 0.25) is 0 Å². The van der Waals surface area contributed by atoms with E-state index in [0.29, 0.717) is 19.3 Å². The van der Waals surface area contributed by atoms with E-state index in [1.54, 1.807) is 0 Å². The van der Waals surface area contributed by atoms with E-state index in [4.69, 9.17) is 14.2 Å². The highest BCUT2D eigenvalue weighted by Crippen LogP contribution is 2.17. The van der Waals surface area contributed by atoms with Crippen LogP contribution in [-0.2, 0) is 28.6 Å². The van der Waals surface area contributed by atoms with Crippen LogP contribution in [0.25, 0.3) is 0 Å². The van der Waals surface area contributed by atoms with Crippen LogP contribution in [0.1, 0.15) is 297 Å². The maximum atomic E-state index is 12.8. The summed E-state index contributed by atoms with van der Waals surface area (Å²) in [5, 5.41) is 0. The lowest BCUT2D eigenvalue weighted by Crippen LogP contribution is -2.30. The highest BCUT2D eigenvalue weighted by atomic mass is 16.6. The fourth-order valence-corrected chi connectivity index (χ4v) is 8.85. The highest BCUT2D eigenvalue weighted by Gasteiger charge is 2.19. The summed E-state index contributed by atoms with van der Waals surface area (Å²) in [5.41, 5.74) is 0. The molecule has 0 aromatic carbocycles. The molecule has 0 heterocycles. The van der Waals surface area contributed by atoms with E-state index >= 15 is 0 Å². The average Bonchev–Trinajstić information content (AvgIpc) is 3.42. The molecule has 0 N–H and O–H groups in total. The minimum Gasteiger partial charge on any atom is -0.462 e. The van der Waals surface area contributed by atoms with Gasteiger partial charge in [-0.1, -0.05) is 304 Å². The Balaban J connectivity index is 4.31. The van der Waals surface area contributed by atoms with Crippen molar-refractivity contribution in [1.29, 1.82) is 0 Å². The topological polar surface area (TPSA) is 78.9 Å².